The summed E-state index contributed by atoms with van der Waals surface area (Å²) >= 11 is 2.12. The monoisotopic (exact) mass is 170 g/mol. The van der Waals surface area contributed by atoms with Crippen LogP contribution in [0, 0.1) is 0 Å². The quantitative estimate of drug-likeness (QED) is 0.392. The van der Waals surface area contributed by atoms with Gasteiger partial charge in [-0.3, -0.25) is 0 Å². The van der Waals surface area contributed by atoms with Gasteiger partial charge in [0.05, 0.1) is 14.1 Å². The van der Waals surface area contributed by atoms with Gasteiger partial charge in [0, 0.05) is 17.9 Å². The fourth-order valence-electron chi connectivity index (χ4n) is 1.99. The molecule has 0 aromatic carbocycles. The van der Waals surface area contributed by atoms with Crippen molar-refractivity contribution in [2.45, 2.75) is 18.5 Å². The van der Waals surface area contributed by atoms with E-state index in [1.807, 2.05) is 0 Å². The van der Waals surface area contributed by atoms with Gasteiger partial charge in [0.1, 0.15) is 12.1 Å². The van der Waals surface area contributed by atoms with E-state index in [4.69, 9.17) is 0 Å². The first kappa shape index (κ1) is 7.69. The van der Waals surface area contributed by atoms with E-state index in [9.17, 15) is 0 Å². The van der Waals surface area contributed by atoms with Crippen molar-refractivity contribution < 1.29 is 4.48 Å². The highest BCUT2D eigenvalue weighted by molar-refractivity contribution is 7.99. The number of hydrogen-bond acceptors (Lipinski definition) is 1. The lowest BCUT2D eigenvalue weighted by Gasteiger charge is -2.48. The molecule has 2 heteroatoms. The van der Waals surface area contributed by atoms with E-state index in [1.54, 1.807) is 0 Å². The second-order valence-corrected chi connectivity index (χ2v) is 5.13. The van der Waals surface area contributed by atoms with E-state index in [0.29, 0.717) is 0 Å². The van der Waals surface area contributed by atoms with Gasteiger partial charge in [0.25, 0.3) is 0 Å². The Hall–Kier alpha value is 0.0500. The van der Waals surface area contributed by atoms with Crippen LogP contribution in [-0.2, 0) is 0 Å². The normalized spacial score (nSPS) is 40.5. The molecule has 0 aromatic rings. The van der Waals surface area contributed by atoms with E-state index in [2.05, 4.69) is 38.0 Å². The maximum Gasteiger partial charge on any atom is 0.117 e. The number of thioether (sulfide) groups is 1. The van der Waals surface area contributed by atoms with Crippen LogP contribution >= 0.6 is 11.8 Å². The Morgan fingerprint density at radius 3 is 2.82 bits per heavy atom. The van der Waals surface area contributed by atoms with Crippen molar-refractivity contribution in [2.24, 2.45) is 0 Å². The molecule has 2 heterocycles. The summed E-state index contributed by atoms with van der Waals surface area (Å²) in [5, 5.41) is 0. The molecule has 1 saturated heterocycles. The van der Waals surface area contributed by atoms with Crippen LogP contribution in [0.1, 0.15) is 6.42 Å². The first-order valence-electron chi connectivity index (χ1n) is 4.29. The van der Waals surface area contributed by atoms with E-state index in [-0.39, 0.29) is 0 Å². The maximum absolute atomic E-state index is 2.41. The summed E-state index contributed by atoms with van der Waals surface area (Å²) in [7, 11) is 4.75. The van der Waals surface area contributed by atoms with Crippen LogP contribution in [0.25, 0.3) is 0 Å². The van der Waals surface area contributed by atoms with Gasteiger partial charge in [0.2, 0.25) is 0 Å². The molecule has 1 nitrogen and oxygen atoms in total. The summed E-state index contributed by atoms with van der Waals surface area (Å²) in [5.74, 6) is 2.67. The molecule has 2 atom stereocenters. The standard InChI is InChI=1S/C9H16NS/c1-10(2)8-4-3-5-9(10)7-11-6-8/h3-4,8-9H,5-7H2,1-2H3/q+1/t8-,9+/m0/s1. The first-order valence-corrected chi connectivity index (χ1v) is 5.44. The largest absolute Gasteiger partial charge is 0.319 e. The molecule has 0 spiro atoms. The van der Waals surface area contributed by atoms with Gasteiger partial charge >= 0.3 is 0 Å². The lowest BCUT2D eigenvalue weighted by molar-refractivity contribution is -0.929. The summed E-state index contributed by atoms with van der Waals surface area (Å²) in [6.45, 7) is 0. The van der Waals surface area contributed by atoms with Crippen LogP contribution in [0.3, 0.4) is 0 Å². The molecular weight excluding hydrogens is 154 g/mol. The average Bonchev–Trinajstić information content (AvgIpc) is 1.82. The predicted octanol–water partition coefficient (Wildman–Crippen LogP) is 1.51. The lowest BCUT2D eigenvalue weighted by Crippen LogP contribution is -2.61. The summed E-state index contributed by atoms with van der Waals surface area (Å²) in [6.07, 6.45) is 6.07. The Kier molecular flexibility index (Phi) is 1.77. The van der Waals surface area contributed by atoms with Gasteiger partial charge < -0.3 is 4.48 Å². The fourth-order valence-corrected chi connectivity index (χ4v) is 3.65. The molecule has 2 bridgehead atoms. The molecule has 0 unspecified atom stereocenters. The molecule has 0 saturated carbocycles. The molecule has 62 valence electrons. The molecule has 0 aliphatic carbocycles. The topological polar surface area (TPSA) is 0 Å². The Morgan fingerprint density at radius 1 is 1.36 bits per heavy atom. The summed E-state index contributed by atoms with van der Waals surface area (Å²) < 4.78 is 1.23. The number of likely N-dealkylation sites (N-methyl/N-ethyl adjacent to an activating group) is 1. The van der Waals surface area contributed by atoms with Crippen molar-refractivity contribution >= 4 is 11.8 Å². The second kappa shape index (κ2) is 2.53. The van der Waals surface area contributed by atoms with Crippen LogP contribution in [0.2, 0.25) is 0 Å². The third-order valence-corrected chi connectivity index (χ3v) is 4.36. The number of quaternary nitrogens is 1. The zero-order valence-corrected chi connectivity index (χ0v) is 8.10. The Balaban J connectivity index is 2.28. The number of nitrogens with zero attached hydrogens (tertiary/aromatic N) is 1. The van der Waals surface area contributed by atoms with Gasteiger partial charge in [0.15, 0.2) is 0 Å². The van der Waals surface area contributed by atoms with Crippen molar-refractivity contribution in [3.05, 3.63) is 12.2 Å². The van der Waals surface area contributed by atoms with Crippen molar-refractivity contribution in [1.82, 2.24) is 0 Å². The van der Waals surface area contributed by atoms with Gasteiger partial charge in [-0.05, 0) is 6.08 Å². The molecule has 0 N–H and O–H groups in total. The van der Waals surface area contributed by atoms with E-state index < -0.39 is 0 Å². The highest BCUT2D eigenvalue weighted by Gasteiger charge is 2.40. The molecular formula is C9H16NS+. The van der Waals surface area contributed by atoms with Gasteiger partial charge in [-0.25, -0.2) is 0 Å². The van der Waals surface area contributed by atoms with Gasteiger partial charge in [-0.15, -0.1) is 11.8 Å². The lowest BCUT2D eigenvalue weighted by atomic mass is 10.0. The molecule has 11 heavy (non-hydrogen) atoms. The number of fused-ring (bicyclic) bond motifs is 2. The van der Waals surface area contributed by atoms with E-state index in [1.165, 1.54) is 22.4 Å². The summed E-state index contributed by atoms with van der Waals surface area (Å²) in [5.41, 5.74) is 0. The van der Waals surface area contributed by atoms with E-state index in [0.717, 1.165) is 12.1 Å². The van der Waals surface area contributed by atoms with Crippen molar-refractivity contribution in [1.29, 1.82) is 0 Å². The predicted molar refractivity (Wildman–Crippen MR) is 50.8 cm³/mol. The molecule has 2 rings (SSSR count). The summed E-state index contributed by atoms with van der Waals surface area (Å²) in [6, 6.07) is 1.66. The average molecular weight is 170 g/mol. The Bertz CT molecular complexity index is 186. The molecule has 0 amide bonds. The highest BCUT2D eigenvalue weighted by Crippen LogP contribution is 2.32. The Labute approximate surface area is 73.1 Å². The highest BCUT2D eigenvalue weighted by atomic mass is 32.2. The van der Waals surface area contributed by atoms with Crippen LogP contribution in [-0.4, -0.2) is 42.2 Å². The third-order valence-electron chi connectivity index (χ3n) is 3.16. The zero-order chi connectivity index (χ0) is 7.90. The van der Waals surface area contributed by atoms with Crippen LogP contribution in [0.5, 0.6) is 0 Å². The fraction of sp³-hybridized carbons (Fsp3) is 0.778. The van der Waals surface area contributed by atoms with Gasteiger partial charge in [-0.1, -0.05) is 6.08 Å². The minimum Gasteiger partial charge on any atom is -0.319 e. The minimum atomic E-state index is 0.785. The number of rotatable bonds is 0. The van der Waals surface area contributed by atoms with Crippen molar-refractivity contribution in [2.75, 3.05) is 25.6 Å². The first-order chi connectivity index (χ1) is 5.21. The third kappa shape index (κ3) is 1.13. The summed E-state index contributed by atoms with van der Waals surface area (Å²) in [4.78, 5) is 0. The van der Waals surface area contributed by atoms with Gasteiger partial charge in [-0.2, -0.15) is 0 Å². The molecule has 0 radical (unpaired) electrons. The zero-order valence-electron chi connectivity index (χ0n) is 7.29. The second-order valence-electron chi connectivity index (χ2n) is 4.05. The smallest absolute Gasteiger partial charge is 0.117 e. The van der Waals surface area contributed by atoms with Crippen LogP contribution < -0.4 is 0 Å². The van der Waals surface area contributed by atoms with E-state index >= 15 is 0 Å². The van der Waals surface area contributed by atoms with Crippen LogP contribution in [0.15, 0.2) is 12.2 Å². The molecule has 0 aromatic heterocycles. The molecule has 2 aliphatic heterocycles. The Morgan fingerprint density at radius 2 is 2.18 bits per heavy atom. The van der Waals surface area contributed by atoms with Crippen molar-refractivity contribution in [3.63, 3.8) is 0 Å². The van der Waals surface area contributed by atoms with Crippen molar-refractivity contribution in [3.8, 4) is 0 Å². The maximum atomic E-state index is 2.41. The van der Waals surface area contributed by atoms with Crippen LogP contribution in [0.4, 0.5) is 0 Å². The molecule has 1 fully saturated rings. The SMILES string of the molecule is C[N+]1(C)[C@@H]2CC=C[C@H]1CSC2. The number of hydrogen-bond donors (Lipinski definition) is 0. The minimum absolute atomic E-state index is 0.785. The molecule has 2 aliphatic rings.